The molecule has 1 aliphatic rings. The molecule has 2 atom stereocenters. The number of hydrogen-bond donors (Lipinski definition) is 1. The van der Waals surface area contributed by atoms with Crippen molar-refractivity contribution in [1.82, 2.24) is 4.98 Å². The van der Waals surface area contributed by atoms with Gasteiger partial charge in [-0.25, -0.2) is 4.98 Å². The number of aliphatic carboxylic acids is 1. The zero-order chi connectivity index (χ0) is 16.0. The van der Waals surface area contributed by atoms with E-state index in [1.807, 2.05) is 0 Å². The third kappa shape index (κ3) is 3.22. The third-order valence-corrected chi connectivity index (χ3v) is 4.20. The SMILES string of the molecule is O=C(O)[C@@H]1CN(c2ncc(C(F)(F)F)s2)C[C@H]1C(F)(F)F. The number of anilines is 1. The molecule has 1 aromatic rings. The van der Waals surface area contributed by atoms with Crippen molar-refractivity contribution in [2.75, 3.05) is 18.0 Å². The highest BCUT2D eigenvalue weighted by Gasteiger charge is 2.53. The van der Waals surface area contributed by atoms with Crippen LogP contribution in [-0.2, 0) is 11.0 Å². The van der Waals surface area contributed by atoms with Gasteiger partial charge in [-0.05, 0) is 0 Å². The summed E-state index contributed by atoms with van der Waals surface area (Å²) in [5.41, 5.74) is 0. The first-order valence-corrected chi connectivity index (χ1v) is 6.39. The molecule has 118 valence electrons. The lowest BCUT2D eigenvalue weighted by Gasteiger charge is -2.17. The Labute approximate surface area is 118 Å². The average Bonchev–Trinajstić information content (AvgIpc) is 2.93. The van der Waals surface area contributed by atoms with Gasteiger partial charge in [0.25, 0.3) is 0 Å². The Balaban J connectivity index is 2.23. The van der Waals surface area contributed by atoms with Gasteiger partial charge in [-0.15, -0.1) is 0 Å². The smallest absolute Gasteiger partial charge is 0.427 e. The Morgan fingerprint density at radius 2 is 1.90 bits per heavy atom. The van der Waals surface area contributed by atoms with Gasteiger partial charge in [0.2, 0.25) is 0 Å². The van der Waals surface area contributed by atoms with Crippen molar-refractivity contribution >= 4 is 22.4 Å². The molecule has 0 saturated carbocycles. The first-order chi connectivity index (χ1) is 9.50. The number of carboxylic acid groups (broad SMARTS) is 1. The number of carboxylic acids is 1. The van der Waals surface area contributed by atoms with E-state index in [2.05, 4.69) is 4.98 Å². The molecule has 2 heterocycles. The van der Waals surface area contributed by atoms with E-state index in [1.165, 1.54) is 0 Å². The van der Waals surface area contributed by atoms with Crippen LogP contribution in [-0.4, -0.2) is 35.3 Å². The summed E-state index contributed by atoms with van der Waals surface area (Å²) in [5.74, 6) is -5.48. The maximum absolute atomic E-state index is 12.8. The van der Waals surface area contributed by atoms with Crippen molar-refractivity contribution in [3.8, 4) is 0 Å². The monoisotopic (exact) mass is 334 g/mol. The Morgan fingerprint density at radius 1 is 1.29 bits per heavy atom. The minimum absolute atomic E-state index is 0.193. The van der Waals surface area contributed by atoms with Crippen LogP contribution in [0.15, 0.2) is 6.20 Å². The number of rotatable bonds is 2. The molecule has 21 heavy (non-hydrogen) atoms. The van der Waals surface area contributed by atoms with Crippen LogP contribution in [0.25, 0.3) is 0 Å². The van der Waals surface area contributed by atoms with Gasteiger partial charge in [0, 0.05) is 13.1 Å². The van der Waals surface area contributed by atoms with E-state index in [9.17, 15) is 31.1 Å². The number of hydrogen-bond acceptors (Lipinski definition) is 4. The summed E-state index contributed by atoms with van der Waals surface area (Å²) in [5, 5.41) is 8.56. The van der Waals surface area contributed by atoms with Gasteiger partial charge in [0.1, 0.15) is 4.88 Å². The van der Waals surface area contributed by atoms with E-state index >= 15 is 0 Å². The topological polar surface area (TPSA) is 53.4 Å². The van der Waals surface area contributed by atoms with E-state index in [0.717, 1.165) is 4.90 Å². The zero-order valence-corrected chi connectivity index (χ0v) is 10.9. The van der Waals surface area contributed by atoms with E-state index < -0.39 is 48.1 Å². The number of carbonyl (C=O) groups is 1. The highest BCUT2D eigenvalue weighted by atomic mass is 32.1. The average molecular weight is 334 g/mol. The normalized spacial score (nSPS) is 23.6. The molecule has 2 rings (SSSR count). The molecular formula is C10H8F6N2O2S. The largest absolute Gasteiger partial charge is 0.481 e. The first-order valence-electron chi connectivity index (χ1n) is 5.57. The van der Waals surface area contributed by atoms with Crippen molar-refractivity contribution in [1.29, 1.82) is 0 Å². The molecule has 1 aromatic heterocycles. The molecule has 0 radical (unpaired) electrons. The second-order valence-corrected chi connectivity index (χ2v) is 5.51. The fraction of sp³-hybridized carbons (Fsp3) is 0.600. The Morgan fingerprint density at radius 3 is 2.29 bits per heavy atom. The first kappa shape index (κ1) is 15.9. The highest BCUT2D eigenvalue weighted by Crippen LogP contribution is 2.42. The molecule has 1 saturated heterocycles. The van der Waals surface area contributed by atoms with Crippen molar-refractivity contribution < 1.29 is 36.2 Å². The van der Waals surface area contributed by atoms with E-state index in [-0.39, 0.29) is 16.5 Å². The molecular weight excluding hydrogens is 326 g/mol. The van der Waals surface area contributed by atoms with E-state index in [4.69, 9.17) is 5.11 Å². The van der Waals surface area contributed by atoms with E-state index in [1.54, 1.807) is 0 Å². The summed E-state index contributed by atoms with van der Waals surface area (Å²) in [4.78, 5) is 14.2. The summed E-state index contributed by atoms with van der Waals surface area (Å²) in [6.45, 7) is -1.24. The fourth-order valence-corrected chi connectivity index (χ4v) is 2.89. The fourth-order valence-electron chi connectivity index (χ4n) is 2.08. The second-order valence-electron chi connectivity index (χ2n) is 4.50. The molecule has 0 bridgehead atoms. The Kier molecular flexibility index (Phi) is 3.80. The molecule has 1 N–H and O–H groups in total. The highest BCUT2D eigenvalue weighted by molar-refractivity contribution is 7.15. The number of thiazole rings is 1. The Bertz CT molecular complexity index is 540. The van der Waals surface area contributed by atoms with Crippen LogP contribution in [0.4, 0.5) is 31.5 Å². The molecule has 0 unspecified atom stereocenters. The van der Waals surface area contributed by atoms with Crippen molar-refractivity contribution in [2.45, 2.75) is 12.4 Å². The summed E-state index contributed by atoms with van der Waals surface area (Å²) in [7, 11) is 0. The molecule has 0 spiro atoms. The van der Waals surface area contributed by atoms with Crippen molar-refractivity contribution in [3.05, 3.63) is 11.1 Å². The van der Waals surface area contributed by atoms with Crippen LogP contribution in [0, 0.1) is 11.8 Å². The lowest BCUT2D eigenvalue weighted by atomic mass is 9.96. The van der Waals surface area contributed by atoms with Gasteiger partial charge < -0.3 is 10.0 Å². The number of halogens is 6. The lowest BCUT2D eigenvalue weighted by Crippen LogP contribution is -2.33. The number of alkyl halides is 6. The second kappa shape index (κ2) is 5.04. The molecule has 0 amide bonds. The van der Waals surface area contributed by atoms with Crippen LogP contribution in [0.3, 0.4) is 0 Å². The van der Waals surface area contributed by atoms with Crippen LogP contribution in [0.1, 0.15) is 4.88 Å². The maximum Gasteiger partial charge on any atom is 0.427 e. The van der Waals surface area contributed by atoms with Gasteiger partial charge >= 0.3 is 18.3 Å². The van der Waals surface area contributed by atoms with Crippen LogP contribution < -0.4 is 4.90 Å². The molecule has 0 aromatic carbocycles. The van der Waals surface area contributed by atoms with Crippen LogP contribution in [0.2, 0.25) is 0 Å². The van der Waals surface area contributed by atoms with Gasteiger partial charge in [-0.3, -0.25) is 4.79 Å². The minimum atomic E-state index is -4.73. The van der Waals surface area contributed by atoms with Crippen LogP contribution >= 0.6 is 11.3 Å². The maximum atomic E-state index is 12.8. The number of aromatic nitrogens is 1. The summed E-state index contributed by atoms with van der Waals surface area (Å²) < 4.78 is 75.6. The molecule has 0 aliphatic carbocycles. The standard InChI is InChI=1S/C10H8F6N2O2S/c11-9(12,13)5-3-18(2-4(5)7(19)20)8-17-1-6(21-8)10(14,15)16/h1,4-5H,2-3H2,(H,19,20)/t4-,5-/m1/s1. The van der Waals surface area contributed by atoms with Crippen LogP contribution in [0.5, 0.6) is 0 Å². The van der Waals surface area contributed by atoms with Gasteiger partial charge in [0.15, 0.2) is 5.13 Å². The Hall–Kier alpha value is -1.52. The predicted molar refractivity (Wildman–Crippen MR) is 60.0 cm³/mol. The van der Waals surface area contributed by atoms with E-state index in [0.29, 0.717) is 6.20 Å². The summed E-state index contributed by atoms with van der Waals surface area (Å²) >= 11 is 0.193. The van der Waals surface area contributed by atoms with Crippen molar-refractivity contribution in [2.24, 2.45) is 11.8 Å². The molecule has 4 nitrogen and oxygen atoms in total. The molecule has 1 fully saturated rings. The predicted octanol–water partition coefficient (Wildman–Crippen LogP) is 2.86. The molecule has 11 heteroatoms. The third-order valence-electron chi connectivity index (χ3n) is 3.10. The lowest BCUT2D eigenvalue weighted by molar-refractivity contribution is -0.187. The minimum Gasteiger partial charge on any atom is -0.481 e. The van der Waals surface area contributed by atoms with Gasteiger partial charge in [0.05, 0.1) is 18.0 Å². The molecule has 1 aliphatic heterocycles. The van der Waals surface area contributed by atoms with Gasteiger partial charge in [-0.2, -0.15) is 26.3 Å². The van der Waals surface area contributed by atoms with Gasteiger partial charge in [-0.1, -0.05) is 11.3 Å². The summed E-state index contributed by atoms with van der Waals surface area (Å²) in [6, 6.07) is 0. The summed E-state index contributed by atoms with van der Waals surface area (Å²) in [6.07, 6.45) is -8.84. The number of nitrogens with zero attached hydrogens (tertiary/aromatic N) is 2. The quantitative estimate of drug-likeness (QED) is 0.845. The zero-order valence-electron chi connectivity index (χ0n) is 10.1. The van der Waals surface area contributed by atoms with Crippen molar-refractivity contribution in [3.63, 3.8) is 0 Å².